The number of carboxylic acid groups (broad SMARTS) is 1. The summed E-state index contributed by atoms with van der Waals surface area (Å²) in [6, 6.07) is 8.69. The third-order valence-corrected chi connectivity index (χ3v) is 3.04. The lowest BCUT2D eigenvalue weighted by Crippen LogP contribution is -2.53. The summed E-state index contributed by atoms with van der Waals surface area (Å²) in [7, 11) is 2.79. The summed E-state index contributed by atoms with van der Waals surface area (Å²) in [5.41, 5.74) is 5.47. The molecule has 0 aliphatic heterocycles. The van der Waals surface area contributed by atoms with Gasteiger partial charge in [0.15, 0.2) is 0 Å². The minimum absolute atomic E-state index is 0.320. The molecular formula is C14H21NO5. The van der Waals surface area contributed by atoms with E-state index in [4.69, 9.17) is 19.9 Å². The van der Waals surface area contributed by atoms with Gasteiger partial charge in [0.2, 0.25) is 11.9 Å². The fourth-order valence-corrected chi connectivity index (χ4v) is 1.94. The minimum Gasteiger partial charge on any atom is -0.478 e. The van der Waals surface area contributed by atoms with E-state index < -0.39 is 17.9 Å². The van der Waals surface area contributed by atoms with E-state index in [1.165, 1.54) is 14.2 Å². The number of aliphatic carboxylic acids is 1. The molecule has 0 bridgehead atoms. The van der Waals surface area contributed by atoms with E-state index in [-0.39, 0.29) is 0 Å². The first-order valence-corrected chi connectivity index (χ1v) is 6.34. The van der Waals surface area contributed by atoms with Crippen LogP contribution in [-0.4, -0.2) is 43.7 Å². The van der Waals surface area contributed by atoms with Crippen LogP contribution < -0.4 is 10.5 Å². The van der Waals surface area contributed by atoms with Gasteiger partial charge in [0.05, 0.1) is 0 Å². The van der Waals surface area contributed by atoms with E-state index in [9.17, 15) is 9.90 Å². The number of nitrogens with two attached hydrogens (primary N) is 1. The average Bonchev–Trinajstić information content (AvgIpc) is 2.48. The van der Waals surface area contributed by atoms with Crippen molar-refractivity contribution in [1.29, 1.82) is 0 Å². The van der Waals surface area contributed by atoms with Gasteiger partial charge < -0.3 is 25.1 Å². The van der Waals surface area contributed by atoms with Crippen LogP contribution >= 0.6 is 0 Å². The molecule has 1 aromatic rings. The molecule has 0 radical (unpaired) electrons. The van der Waals surface area contributed by atoms with Gasteiger partial charge >= 0.3 is 5.97 Å². The Morgan fingerprint density at radius 1 is 1.30 bits per heavy atom. The molecule has 0 aliphatic carbocycles. The number of methoxy groups -OCH3 is 2. The third-order valence-electron chi connectivity index (χ3n) is 3.04. The highest BCUT2D eigenvalue weighted by atomic mass is 16.7. The molecule has 0 fully saturated rings. The van der Waals surface area contributed by atoms with E-state index in [1.54, 1.807) is 24.3 Å². The first kappa shape index (κ1) is 16.4. The Morgan fingerprint density at radius 3 is 2.35 bits per heavy atom. The van der Waals surface area contributed by atoms with Crippen molar-refractivity contribution < 1.29 is 24.1 Å². The van der Waals surface area contributed by atoms with Crippen LogP contribution in [0, 0.1) is 0 Å². The summed E-state index contributed by atoms with van der Waals surface area (Å²) < 4.78 is 16.1. The van der Waals surface area contributed by atoms with E-state index in [0.717, 1.165) is 0 Å². The first-order chi connectivity index (χ1) is 9.59. The molecule has 1 aromatic carbocycles. The topological polar surface area (TPSA) is 91.0 Å². The second-order valence-electron chi connectivity index (χ2n) is 4.26. The van der Waals surface area contributed by atoms with Gasteiger partial charge in [-0.15, -0.1) is 0 Å². The molecular weight excluding hydrogens is 262 g/mol. The highest BCUT2D eigenvalue weighted by Crippen LogP contribution is 2.27. The number of hydrogen-bond donors (Lipinski definition) is 2. The molecule has 0 heterocycles. The average molecular weight is 283 g/mol. The van der Waals surface area contributed by atoms with Crippen molar-refractivity contribution in [2.45, 2.75) is 24.7 Å². The second kappa shape index (κ2) is 7.84. The smallest absolute Gasteiger partial charge is 0.350 e. The first-order valence-electron chi connectivity index (χ1n) is 6.34. The number of benzene rings is 1. The maximum atomic E-state index is 11.5. The Kier molecular flexibility index (Phi) is 6.44. The molecule has 112 valence electrons. The quantitative estimate of drug-likeness (QED) is 0.663. The monoisotopic (exact) mass is 283 g/mol. The van der Waals surface area contributed by atoms with Crippen LogP contribution in [0.5, 0.6) is 5.75 Å². The van der Waals surface area contributed by atoms with E-state index in [1.807, 2.05) is 6.07 Å². The number of para-hydroxylation sites is 1. The molecule has 20 heavy (non-hydrogen) atoms. The van der Waals surface area contributed by atoms with Crippen molar-refractivity contribution >= 4 is 5.97 Å². The molecule has 0 aliphatic rings. The summed E-state index contributed by atoms with van der Waals surface area (Å²) in [6.07, 6.45) is -0.407. The SMILES string of the molecule is COC(CCCN)(OC)C(Oc1ccccc1)C(=O)O. The van der Waals surface area contributed by atoms with Gasteiger partial charge in [-0.1, -0.05) is 18.2 Å². The Labute approximate surface area is 118 Å². The summed E-state index contributed by atoms with van der Waals surface area (Å²) in [5, 5.41) is 9.42. The van der Waals surface area contributed by atoms with Crippen LogP contribution in [-0.2, 0) is 14.3 Å². The number of carbonyl (C=O) groups is 1. The molecule has 3 N–H and O–H groups in total. The maximum absolute atomic E-state index is 11.5. The molecule has 0 saturated heterocycles. The fourth-order valence-electron chi connectivity index (χ4n) is 1.94. The van der Waals surface area contributed by atoms with E-state index >= 15 is 0 Å². The molecule has 0 saturated carbocycles. The van der Waals surface area contributed by atoms with Crippen LogP contribution in [0.2, 0.25) is 0 Å². The van der Waals surface area contributed by atoms with Crippen molar-refractivity contribution in [2.75, 3.05) is 20.8 Å². The van der Waals surface area contributed by atoms with Crippen molar-refractivity contribution in [1.82, 2.24) is 0 Å². The highest BCUT2D eigenvalue weighted by Gasteiger charge is 2.46. The van der Waals surface area contributed by atoms with Gasteiger partial charge in [-0.25, -0.2) is 4.79 Å². The van der Waals surface area contributed by atoms with Crippen LogP contribution in [0.1, 0.15) is 12.8 Å². The number of rotatable bonds is 9. The molecule has 0 amide bonds. The van der Waals surface area contributed by atoms with Crippen LogP contribution in [0.15, 0.2) is 30.3 Å². The predicted molar refractivity (Wildman–Crippen MR) is 73.5 cm³/mol. The van der Waals surface area contributed by atoms with Gasteiger partial charge in [0.1, 0.15) is 5.75 Å². The molecule has 1 atom stereocenters. The normalized spacial score (nSPS) is 12.9. The van der Waals surface area contributed by atoms with Crippen LogP contribution in [0.4, 0.5) is 0 Å². The molecule has 6 nitrogen and oxygen atoms in total. The molecule has 0 aromatic heterocycles. The van der Waals surface area contributed by atoms with Crippen molar-refractivity contribution in [3.63, 3.8) is 0 Å². The Hall–Kier alpha value is -1.63. The van der Waals surface area contributed by atoms with Crippen LogP contribution in [0.25, 0.3) is 0 Å². The molecule has 1 rings (SSSR count). The van der Waals surface area contributed by atoms with Gasteiger partial charge in [-0.2, -0.15) is 0 Å². The maximum Gasteiger partial charge on any atom is 0.350 e. The largest absolute Gasteiger partial charge is 0.478 e. The fraction of sp³-hybridized carbons (Fsp3) is 0.500. The second-order valence-corrected chi connectivity index (χ2v) is 4.26. The lowest BCUT2D eigenvalue weighted by atomic mass is 10.0. The lowest BCUT2D eigenvalue weighted by Gasteiger charge is -2.35. The lowest BCUT2D eigenvalue weighted by molar-refractivity contribution is -0.256. The molecule has 6 heteroatoms. The van der Waals surface area contributed by atoms with E-state index in [0.29, 0.717) is 25.1 Å². The summed E-state index contributed by atoms with van der Waals surface area (Å²) in [5.74, 6) is -2.10. The van der Waals surface area contributed by atoms with Gasteiger partial charge in [0.25, 0.3) is 0 Å². The van der Waals surface area contributed by atoms with Crippen LogP contribution in [0.3, 0.4) is 0 Å². The Morgan fingerprint density at radius 2 is 1.90 bits per heavy atom. The summed E-state index contributed by atoms with van der Waals surface area (Å²) in [4.78, 5) is 11.5. The standard InChI is InChI=1S/C14H21NO5/c1-18-14(19-2,9-6-10-15)12(13(16)17)20-11-7-4-3-5-8-11/h3-5,7-8,12H,6,9-10,15H2,1-2H3,(H,16,17). The Balaban J connectivity index is 2.99. The molecule has 0 spiro atoms. The van der Waals surface area contributed by atoms with Crippen molar-refractivity contribution in [3.05, 3.63) is 30.3 Å². The van der Waals surface area contributed by atoms with Gasteiger partial charge in [-0.3, -0.25) is 0 Å². The van der Waals surface area contributed by atoms with Gasteiger partial charge in [0, 0.05) is 20.6 Å². The van der Waals surface area contributed by atoms with Gasteiger partial charge in [-0.05, 0) is 25.1 Å². The summed E-state index contributed by atoms with van der Waals surface area (Å²) in [6.45, 7) is 0.409. The van der Waals surface area contributed by atoms with Crippen molar-refractivity contribution in [3.8, 4) is 5.75 Å². The summed E-state index contributed by atoms with van der Waals surface area (Å²) >= 11 is 0. The predicted octanol–water partition coefficient (Wildman–Crippen LogP) is 1.25. The zero-order valence-electron chi connectivity index (χ0n) is 11.7. The number of carboxylic acids is 1. The Bertz CT molecular complexity index is 405. The highest BCUT2D eigenvalue weighted by molar-refractivity contribution is 5.74. The zero-order chi connectivity index (χ0) is 15.0. The minimum atomic E-state index is -1.37. The van der Waals surface area contributed by atoms with Crippen molar-refractivity contribution in [2.24, 2.45) is 5.73 Å². The zero-order valence-corrected chi connectivity index (χ0v) is 11.7. The number of hydrogen-bond acceptors (Lipinski definition) is 5. The number of ether oxygens (including phenoxy) is 3. The molecule has 1 unspecified atom stereocenters. The van der Waals surface area contributed by atoms with E-state index in [2.05, 4.69) is 0 Å². The third kappa shape index (κ3) is 3.93.